The summed E-state index contributed by atoms with van der Waals surface area (Å²) in [7, 11) is 0. The topological polar surface area (TPSA) is 61.4 Å². The number of amides is 1. The number of halogens is 3. The van der Waals surface area contributed by atoms with Crippen molar-refractivity contribution >= 4 is 17.3 Å². The van der Waals surface area contributed by atoms with Crippen molar-refractivity contribution < 1.29 is 23.1 Å². The van der Waals surface area contributed by atoms with Crippen molar-refractivity contribution in [1.82, 2.24) is 5.32 Å². The minimum absolute atomic E-state index is 0.119. The van der Waals surface area contributed by atoms with E-state index >= 15 is 0 Å². The molecule has 0 aliphatic carbocycles. The van der Waals surface area contributed by atoms with Gasteiger partial charge in [0.15, 0.2) is 0 Å². The quantitative estimate of drug-likeness (QED) is 0.719. The predicted molar refractivity (Wildman–Crippen MR) is 94.2 cm³/mol. The van der Waals surface area contributed by atoms with Gasteiger partial charge >= 0.3 is 6.18 Å². The van der Waals surface area contributed by atoms with Crippen LogP contribution in [0.2, 0.25) is 0 Å². The molecule has 1 amide bonds. The fourth-order valence-electron chi connectivity index (χ4n) is 2.55. The van der Waals surface area contributed by atoms with E-state index in [-0.39, 0.29) is 23.1 Å². The fourth-order valence-corrected chi connectivity index (χ4v) is 2.55. The van der Waals surface area contributed by atoms with Gasteiger partial charge in [-0.3, -0.25) is 4.79 Å². The van der Waals surface area contributed by atoms with Crippen molar-refractivity contribution in [1.29, 1.82) is 0 Å². The normalized spacial score (nSPS) is 12.5. The highest BCUT2D eigenvalue weighted by Gasteiger charge is 2.31. The summed E-state index contributed by atoms with van der Waals surface area (Å²) >= 11 is 0. The number of aliphatic hydroxyl groups is 1. The third-order valence-electron chi connectivity index (χ3n) is 3.92. The number of carbonyl (C=O) groups is 1. The maximum Gasteiger partial charge on any atom is 0.416 e. The third kappa shape index (κ3) is 4.98. The Balaban J connectivity index is 2.29. The summed E-state index contributed by atoms with van der Waals surface area (Å²) in [5.74, 6) is -0.502. The lowest BCUT2D eigenvalue weighted by atomic mass is 9.99. The van der Waals surface area contributed by atoms with Crippen molar-refractivity contribution in [2.24, 2.45) is 0 Å². The van der Waals surface area contributed by atoms with Crippen molar-refractivity contribution in [2.45, 2.75) is 32.5 Å². The second-order valence-electron chi connectivity index (χ2n) is 5.94. The summed E-state index contributed by atoms with van der Waals surface area (Å²) in [6.07, 6.45) is -4.50. The van der Waals surface area contributed by atoms with E-state index in [9.17, 15) is 23.1 Å². The summed E-state index contributed by atoms with van der Waals surface area (Å²) in [4.78, 5) is 12.0. The van der Waals surface area contributed by atoms with Crippen LogP contribution in [-0.4, -0.2) is 17.6 Å². The molecule has 1 unspecified atom stereocenters. The lowest BCUT2D eigenvalue weighted by molar-refractivity contribution is -0.137. The molecule has 0 heterocycles. The van der Waals surface area contributed by atoms with Crippen molar-refractivity contribution in [3.05, 3.63) is 59.2 Å². The van der Waals surface area contributed by atoms with Gasteiger partial charge in [-0.1, -0.05) is 12.1 Å². The highest BCUT2D eigenvalue weighted by molar-refractivity contribution is 5.83. The van der Waals surface area contributed by atoms with Gasteiger partial charge in [-0.25, -0.2) is 0 Å². The Hall–Kier alpha value is -2.54. The number of hydrogen-bond donors (Lipinski definition) is 3. The van der Waals surface area contributed by atoms with Crippen LogP contribution in [0.5, 0.6) is 0 Å². The molecule has 0 spiro atoms. The number of alkyl halides is 3. The molecule has 0 aliphatic heterocycles. The lowest BCUT2D eigenvalue weighted by Crippen LogP contribution is -2.27. The summed E-state index contributed by atoms with van der Waals surface area (Å²) in [5, 5.41) is 14.9. The first kappa shape index (κ1) is 19.8. The Morgan fingerprint density at radius 2 is 1.88 bits per heavy atom. The van der Waals surface area contributed by atoms with Crippen LogP contribution >= 0.6 is 0 Å². The summed E-state index contributed by atoms with van der Waals surface area (Å²) in [6, 6.07) is 10.3. The fraction of sp³-hybridized carbons (Fsp3) is 0.316. The van der Waals surface area contributed by atoms with Crippen LogP contribution in [-0.2, 0) is 17.6 Å². The summed E-state index contributed by atoms with van der Waals surface area (Å²) < 4.78 is 39.0. The highest BCUT2D eigenvalue weighted by atomic mass is 19.4. The number of nitrogens with one attached hydrogen (secondary N) is 2. The summed E-state index contributed by atoms with van der Waals surface area (Å²) in [6.45, 7) is 3.62. The van der Waals surface area contributed by atoms with E-state index < -0.39 is 18.3 Å². The van der Waals surface area contributed by atoms with Gasteiger partial charge in [0.05, 0.1) is 18.1 Å². The van der Waals surface area contributed by atoms with Crippen LogP contribution in [0.1, 0.15) is 36.5 Å². The Bertz CT molecular complexity index is 776. The van der Waals surface area contributed by atoms with E-state index in [2.05, 4.69) is 10.6 Å². The van der Waals surface area contributed by atoms with Gasteiger partial charge in [-0.2, -0.15) is 13.2 Å². The van der Waals surface area contributed by atoms with Gasteiger partial charge in [0.2, 0.25) is 5.91 Å². The molecule has 0 radical (unpaired) electrons. The Morgan fingerprint density at radius 3 is 2.50 bits per heavy atom. The number of hydrogen-bond acceptors (Lipinski definition) is 3. The van der Waals surface area contributed by atoms with E-state index in [4.69, 9.17) is 0 Å². The van der Waals surface area contributed by atoms with Crippen molar-refractivity contribution in [3.8, 4) is 0 Å². The second kappa shape index (κ2) is 8.23. The molecule has 140 valence electrons. The highest BCUT2D eigenvalue weighted by Crippen LogP contribution is 2.33. The molecule has 1 atom stereocenters. The molecule has 0 aromatic heterocycles. The SMILES string of the molecule is CCNC(=O)C(C)c1cccc(Nc2cc(CO)cc(C(F)(F)F)c2)c1. The van der Waals surface area contributed by atoms with Crippen LogP contribution in [0.3, 0.4) is 0 Å². The minimum Gasteiger partial charge on any atom is -0.392 e. The molecule has 4 nitrogen and oxygen atoms in total. The van der Waals surface area contributed by atoms with E-state index in [1.165, 1.54) is 6.07 Å². The number of rotatable bonds is 6. The predicted octanol–water partition coefficient (Wildman–Crippen LogP) is 4.18. The zero-order valence-corrected chi connectivity index (χ0v) is 14.5. The van der Waals surface area contributed by atoms with Gasteiger partial charge < -0.3 is 15.7 Å². The molecule has 2 rings (SSSR count). The average Bonchev–Trinajstić information content (AvgIpc) is 2.60. The molecule has 0 aliphatic rings. The monoisotopic (exact) mass is 366 g/mol. The Labute approximate surface area is 150 Å². The van der Waals surface area contributed by atoms with Crippen molar-refractivity contribution in [2.75, 3.05) is 11.9 Å². The molecule has 26 heavy (non-hydrogen) atoms. The van der Waals surface area contributed by atoms with E-state index in [1.54, 1.807) is 31.2 Å². The van der Waals surface area contributed by atoms with Gasteiger partial charge in [0, 0.05) is 17.9 Å². The largest absolute Gasteiger partial charge is 0.416 e. The molecule has 2 aromatic rings. The lowest BCUT2D eigenvalue weighted by Gasteiger charge is -2.15. The number of benzene rings is 2. The molecule has 2 aromatic carbocycles. The maximum absolute atomic E-state index is 13.0. The average molecular weight is 366 g/mol. The first-order valence-electron chi connectivity index (χ1n) is 8.21. The molecule has 0 saturated carbocycles. The first-order chi connectivity index (χ1) is 12.2. The molecule has 0 bridgehead atoms. The zero-order chi connectivity index (χ0) is 19.3. The molecule has 3 N–H and O–H groups in total. The number of carbonyl (C=O) groups excluding carboxylic acids is 1. The van der Waals surface area contributed by atoms with Crippen LogP contribution in [0, 0.1) is 0 Å². The third-order valence-corrected chi connectivity index (χ3v) is 3.92. The molecule has 0 fully saturated rings. The van der Waals surface area contributed by atoms with Gasteiger partial charge in [-0.15, -0.1) is 0 Å². The van der Waals surface area contributed by atoms with Crippen molar-refractivity contribution in [3.63, 3.8) is 0 Å². The van der Waals surface area contributed by atoms with Crippen LogP contribution in [0.25, 0.3) is 0 Å². The summed E-state index contributed by atoms with van der Waals surface area (Å²) in [5.41, 5.74) is 0.844. The van der Waals surface area contributed by atoms with E-state index in [1.807, 2.05) is 6.92 Å². The smallest absolute Gasteiger partial charge is 0.392 e. The minimum atomic E-state index is -4.50. The molecule has 0 saturated heterocycles. The van der Waals surface area contributed by atoms with E-state index in [0.29, 0.717) is 12.2 Å². The first-order valence-corrected chi connectivity index (χ1v) is 8.21. The Morgan fingerprint density at radius 1 is 1.15 bits per heavy atom. The number of likely N-dealkylation sites (N-methyl/N-ethyl adjacent to an activating group) is 1. The number of anilines is 2. The number of aliphatic hydroxyl groups excluding tert-OH is 1. The van der Waals surface area contributed by atoms with E-state index in [0.717, 1.165) is 17.7 Å². The standard InChI is InChI=1S/C19H21F3N2O2/c1-3-23-18(26)12(2)14-5-4-6-16(9-14)24-17-8-13(11-25)7-15(10-17)19(20,21)22/h4-10,12,24-25H,3,11H2,1-2H3,(H,23,26). The molecular formula is C19H21F3N2O2. The van der Waals surface area contributed by atoms with Crippen LogP contribution < -0.4 is 10.6 Å². The van der Waals surface area contributed by atoms with Gasteiger partial charge in [-0.05, 0) is 55.3 Å². The van der Waals surface area contributed by atoms with Gasteiger partial charge in [0.1, 0.15) is 0 Å². The Kier molecular flexibility index (Phi) is 6.26. The second-order valence-corrected chi connectivity index (χ2v) is 5.94. The molecular weight excluding hydrogens is 345 g/mol. The van der Waals surface area contributed by atoms with Gasteiger partial charge in [0.25, 0.3) is 0 Å². The van der Waals surface area contributed by atoms with Crippen LogP contribution in [0.4, 0.5) is 24.5 Å². The maximum atomic E-state index is 13.0. The zero-order valence-electron chi connectivity index (χ0n) is 14.5. The molecule has 7 heteroatoms. The van der Waals surface area contributed by atoms with Crippen LogP contribution in [0.15, 0.2) is 42.5 Å².